The monoisotopic (exact) mass is 589 g/mol. The highest BCUT2D eigenvalue weighted by atomic mass is 32.1. The van der Waals surface area contributed by atoms with Gasteiger partial charge < -0.3 is 25.4 Å². The van der Waals surface area contributed by atoms with E-state index in [2.05, 4.69) is 20.6 Å². The largest absolute Gasteiger partial charge is 0.417 e. The van der Waals surface area contributed by atoms with Crippen molar-refractivity contribution in [3.05, 3.63) is 28.5 Å². The molecule has 40 heavy (non-hydrogen) atoms. The summed E-state index contributed by atoms with van der Waals surface area (Å²) in [5, 5.41) is 15.1. The summed E-state index contributed by atoms with van der Waals surface area (Å²) in [6.07, 6.45) is -3.07. The highest BCUT2D eigenvalue weighted by Crippen LogP contribution is 2.43. The number of halogens is 5. The Bertz CT molecular complexity index is 1310. The highest BCUT2D eigenvalue weighted by molar-refractivity contribution is 7.17. The van der Waals surface area contributed by atoms with Gasteiger partial charge in [-0.15, -0.1) is 11.3 Å². The maximum absolute atomic E-state index is 14.3. The summed E-state index contributed by atoms with van der Waals surface area (Å²) >= 11 is 0.517. The summed E-state index contributed by atoms with van der Waals surface area (Å²) < 4.78 is 76.3. The summed E-state index contributed by atoms with van der Waals surface area (Å²) in [6, 6.07) is -0.858. The fourth-order valence-electron chi connectivity index (χ4n) is 5.16. The molecule has 2 aromatic heterocycles. The van der Waals surface area contributed by atoms with Gasteiger partial charge in [-0.05, 0) is 39.2 Å². The number of amides is 2. The summed E-state index contributed by atoms with van der Waals surface area (Å²) in [4.78, 5) is 35.2. The molecular formula is C25H28F5N5O4S. The van der Waals surface area contributed by atoms with Crippen molar-refractivity contribution in [3.63, 3.8) is 0 Å². The first-order valence-corrected chi connectivity index (χ1v) is 13.6. The number of thiazole rings is 1. The molecular weight excluding hydrogens is 561 g/mol. The Balaban J connectivity index is 1.57. The number of aliphatic hydroxyl groups is 1. The molecule has 2 aromatic rings. The van der Waals surface area contributed by atoms with E-state index >= 15 is 0 Å². The van der Waals surface area contributed by atoms with Gasteiger partial charge in [0.25, 0.3) is 17.7 Å². The lowest BCUT2D eigenvalue weighted by atomic mass is 9.78. The van der Waals surface area contributed by atoms with Crippen LogP contribution >= 0.6 is 11.3 Å². The Hall–Kier alpha value is -2.91. The third-order valence-corrected chi connectivity index (χ3v) is 8.61. The molecule has 2 amide bonds. The molecule has 0 radical (unpaired) electrons. The molecule has 3 aliphatic rings. The van der Waals surface area contributed by atoms with Gasteiger partial charge in [-0.1, -0.05) is 0 Å². The molecule has 0 spiro atoms. The number of hydrogen-bond acceptors (Lipinski definition) is 8. The third kappa shape index (κ3) is 5.63. The minimum atomic E-state index is -4.87. The lowest BCUT2D eigenvalue weighted by Gasteiger charge is -2.39. The van der Waals surface area contributed by atoms with Crippen molar-refractivity contribution in [2.45, 2.75) is 75.4 Å². The van der Waals surface area contributed by atoms with Crippen molar-refractivity contribution in [3.8, 4) is 10.4 Å². The second-order valence-electron chi connectivity index (χ2n) is 10.9. The van der Waals surface area contributed by atoms with E-state index in [-0.39, 0.29) is 34.5 Å². The molecule has 0 bridgehead atoms. The van der Waals surface area contributed by atoms with Crippen LogP contribution in [0.2, 0.25) is 0 Å². The summed E-state index contributed by atoms with van der Waals surface area (Å²) in [6.45, 7) is 2.35. The van der Waals surface area contributed by atoms with Gasteiger partial charge in [0.05, 0.1) is 42.3 Å². The molecule has 9 nitrogen and oxygen atoms in total. The molecule has 2 aliphatic heterocycles. The van der Waals surface area contributed by atoms with Gasteiger partial charge in [0.15, 0.2) is 5.01 Å². The van der Waals surface area contributed by atoms with Gasteiger partial charge in [-0.25, -0.2) is 18.7 Å². The van der Waals surface area contributed by atoms with E-state index in [1.165, 1.54) is 6.92 Å². The van der Waals surface area contributed by atoms with Crippen LogP contribution in [0.1, 0.15) is 65.4 Å². The zero-order valence-corrected chi connectivity index (χ0v) is 22.5. The van der Waals surface area contributed by atoms with Gasteiger partial charge in [0, 0.05) is 29.8 Å². The minimum absolute atomic E-state index is 0.00309. The SMILES string of the molecule is C[C@H]1CC(F)(F)CN1C(=O)c1nc(C(=O)NC2COCC2O)sc1-c1cnc(NC2(C)CCC2)cc1C(F)(F)F. The van der Waals surface area contributed by atoms with Crippen molar-refractivity contribution in [2.24, 2.45) is 0 Å². The van der Waals surface area contributed by atoms with Crippen LogP contribution in [0.15, 0.2) is 12.3 Å². The second-order valence-corrected chi connectivity index (χ2v) is 11.9. The number of pyridine rings is 1. The first-order valence-electron chi connectivity index (χ1n) is 12.8. The third-order valence-electron chi connectivity index (χ3n) is 7.52. The summed E-state index contributed by atoms with van der Waals surface area (Å²) in [5.74, 6) is -5.04. The molecule has 3 fully saturated rings. The predicted molar refractivity (Wildman–Crippen MR) is 134 cm³/mol. The molecule has 0 aromatic carbocycles. The smallest absolute Gasteiger partial charge is 0.388 e. The number of aromatic nitrogens is 2. The quantitative estimate of drug-likeness (QED) is 0.437. The number of anilines is 1. The molecule has 218 valence electrons. The van der Waals surface area contributed by atoms with Gasteiger partial charge >= 0.3 is 6.18 Å². The maximum atomic E-state index is 14.3. The van der Waals surface area contributed by atoms with Crippen LogP contribution in [0.3, 0.4) is 0 Å². The van der Waals surface area contributed by atoms with Crippen LogP contribution in [0.25, 0.3) is 10.4 Å². The van der Waals surface area contributed by atoms with Crippen LogP contribution in [-0.2, 0) is 10.9 Å². The van der Waals surface area contributed by atoms with E-state index < -0.39 is 71.9 Å². The standard InChI is InChI=1S/C25H28F5N5O4S/c1-12-7-24(26,27)11-35(12)22(38)18-19(40-21(33-18)20(37)32-15-9-39-10-16(15)36)13-8-31-17(6-14(13)25(28,29)30)34-23(2)4-3-5-23/h6,8,12,15-16,36H,3-5,7,9-11H2,1-2H3,(H,31,34)(H,32,37)/t12-,15?,16?/m0/s1. The number of carbonyl (C=O) groups excluding carboxylic acids is 2. The molecule has 3 atom stereocenters. The van der Waals surface area contributed by atoms with E-state index in [0.29, 0.717) is 11.3 Å². The second kappa shape index (κ2) is 10.2. The Kier molecular flexibility index (Phi) is 7.28. The van der Waals surface area contributed by atoms with E-state index in [9.17, 15) is 36.6 Å². The molecule has 4 heterocycles. The van der Waals surface area contributed by atoms with E-state index in [4.69, 9.17) is 4.74 Å². The Morgan fingerprint density at radius 1 is 1.25 bits per heavy atom. The van der Waals surface area contributed by atoms with Crippen LogP contribution in [-0.4, -0.2) is 81.2 Å². The van der Waals surface area contributed by atoms with Crippen molar-refractivity contribution < 1.29 is 41.4 Å². The van der Waals surface area contributed by atoms with E-state index in [0.717, 1.165) is 36.4 Å². The molecule has 15 heteroatoms. The van der Waals surface area contributed by atoms with Crippen LogP contribution in [0, 0.1) is 0 Å². The van der Waals surface area contributed by atoms with E-state index in [1.807, 2.05) is 6.92 Å². The van der Waals surface area contributed by atoms with Gasteiger partial charge in [-0.3, -0.25) is 9.59 Å². The average Bonchev–Trinajstić information content (AvgIpc) is 3.53. The number of carbonyl (C=O) groups is 2. The topological polar surface area (TPSA) is 117 Å². The number of ether oxygens (including phenoxy) is 1. The number of nitrogens with one attached hydrogen (secondary N) is 2. The van der Waals surface area contributed by atoms with Gasteiger partial charge in [0.2, 0.25) is 0 Å². The van der Waals surface area contributed by atoms with Crippen molar-refractivity contribution >= 4 is 29.0 Å². The highest BCUT2D eigenvalue weighted by Gasteiger charge is 2.47. The summed E-state index contributed by atoms with van der Waals surface area (Å²) in [7, 11) is 0. The lowest BCUT2D eigenvalue weighted by molar-refractivity contribution is -0.137. The number of hydrogen-bond donors (Lipinski definition) is 3. The average molecular weight is 590 g/mol. The number of nitrogens with zero attached hydrogens (tertiary/aromatic N) is 3. The molecule has 2 unspecified atom stereocenters. The Morgan fingerprint density at radius 2 is 1.98 bits per heavy atom. The minimum Gasteiger partial charge on any atom is -0.388 e. The maximum Gasteiger partial charge on any atom is 0.417 e. The first-order chi connectivity index (χ1) is 18.7. The Morgan fingerprint density at radius 3 is 2.52 bits per heavy atom. The van der Waals surface area contributed by atoms with E-state index in [1.54, 1.807) is 0 Å². The van der Waals surface area contributed by atoms with Crippen LogP contribution in [0.4, 0.5) is 27.8 Å². The molecule has 3 N–H and O–H groups in total. The van der Waals surface area contributed by atoms with Gasteiger partial charge in [0.1, 0.15) is 11.5 Å². The molecule has 2 saturated heterocycles. The van der Waals surface area contributed by atoms with Crippen LogP contribution in [0.5, 0.6) is 0 Å². The van der Waals surface area contributed by atoms with Crippen molar-refractivity contribution in [1.82, 2.24) is 20.2 Å². The molecule has 5 rings (SSSR count). The van der Waals surface area contributed by atoms with Crippen molar-refractivity contribution in [2.75, 3.05) is 25.1 Å². The Labute approximate surface area is 230 Å². The first kappa shape index (κ1) is 28.6. The zero-order chi connectivity index (χ0) is 29.0. The lowest BCUT2D eigenvalue weighted by Crippen LogP contribution is -2.42. The predicted octanol–water partition coefficient (Wildman–Crippen LogP) is 3.94. The van der Waals surface area contributed by atoms with Crippen molar-refractivity contribution in [1.29, 1.82) is 0 Å². The van der Waals surface area contributed by atoms with Gasteiger partial charge in [-0.2, -0.15) is 13.2 Å². The number of alkyl halides is 5. The number of rotatable bonds is 6. The number of aliphatic hydroxyl groups excluding tert-OH is 1. The molecule has 1 saturated carbocycles. The summed E-state index contributed by atoms with van der Waals surface area (Å²) in [5.41, 5.74) is -2.56. The normalized spacial score (nSPS) is 25.5. The molecule has 1 aliphatic carbocycles. The number of likely N-dealkylation sites (tertiary alicyclic amines) is 1. The fraction of sp³-hybridized carbons (Fsp3) is 0.600. The zero-order valence-electron chi connectivity index (χ0n) is 21.6. The fourth-order valence-corrected chi connectivity index (χ4v) is 6.14. The van der Waals surface area contributed by atoms with Crippen LogP contribution < -0.4 is 10.6 Å².